The summed E-state index contributed by atoms with van der Waals surface area (Å²) in [5, 5.41) is 1.07. The summed E-state index contributed by atoms with van der Waals surface area (Å²) in [5.74, 6) is 0. The predicted octanol–water partition coefficient (Wildman–Crippen LogP) is 3.19. The van der Waals surface area contributed by atoms with Crippen LogP contribution in [0.4, 0.5) is 5.69 Å². The second-order valence-corrected chi connectivity index (χ2v) is 5.57. The van der Waals surface area contributed by atoms with E-state index in [2.05, 4.69) is 29.1 Å². The lowest BCUT2D eigenvalue weighted by Gasteiger charge is -2.24. The van der Waals surface area contributed by atoms with Gasteiger partial charge >= 0.3 is 0 Å². The maximum Gasteiger partial charge on any atom is 0.0767 e. The van der Waals surface area contributed by atoms with Crippen molar-refractivity contribution < 1.29 is 0 Å². The van der Waals surface area contributed by atoms with Gasteiger partial charge in [-0.15, -0.1) is 0 Å². The fourth-order valence-corrected chi connectivity index (χ4v) is 3.12. The summed E-state index contributed by atoms with van der Waals surface area (Å²) in [4.78, 5) is 6.98. The number of fused-ring (bicyclic) bond motifs is 1. The number of benzene rings is 1. The van der Waals surface area contributed by atoms with E-state index in [1.807, 2.05) is 18.3 Å². The third kappa shape index (κ3) is 2.43. The summed E-state index contributed by atoms with van der Waals surface area (Å²) in [6, 6.07) is 8.86. The molecule has 0 unspecified atom stereocenters. The molecule has 0 spiro atoms. The molecule has 1 aliphatic rings. The monoisotopic (exact) mass is 255 g/mol. The second kappa shape index (κ2) is 5.17. The molecular weight excluding hydrogens is 234 g/mol. The van der Waals surface area contributed by atoms with E-state index in [0.717, 1.165) is 29.2 Å². The predicted molar refractivity (Wildman–Crippen MR) is 79.9 cm³/mol. The first-order valence-electron chi connectivity index (χ1n) is 7.08. The molecule has 3 nitrogen and oxygen atoms in total. The molecule has 19 heavy (non-hydrogen) atoms. The molecule has 2 N–H and O–H groups in total. The number of pyridine rings is 1. The third-order valence-corrected chi connectivity index (χ3v) is 4.25. The van der Waals surface area contributed by atoms with Crippen LogP contribution in [0.3, 0.4) is 0 Å². The second-order valence-electron chi connectivity index (χ2n) is 5.57. The number of aromatic nitrogens is 1. The molecule has 3 heteroatoms. The number of nitrogens with zero attached hydrogens (tertiary/aromatic N) is 2. The molecule has 0 radical (unpaired) electrons. The van der Waals surface area contributed by atoms with Gasteiger partial charge in [0.2, 0.25) is 0 Å². The van der Waals surface area contributed by atoms with Crippen molar-refractivity contribution in [2.45, 2.75) is 38.3 Å². The molecule has 1 heterocycles. The van der Waals surface area contributed by atoms with Crippen LogP contribution in [-0.4, -0.2) is 23.0 Å². The molecule has 1 aromatic heterocycles. The summed E-state index contributed by atoms with van der Waals surface area (Å²) in [6.07, 6.45) is 7.25. The van der Waals surface area contributed by atoms with E-state index in [0.29, 0.717) is 0 Å². The van der Waals surface area contributed by atoms with Crippen molar-refractivity contribution in [2.24, 2.45) is 0 Å². The minimum absolute atomic E-state index is 0.733. The molecule has 0 aliphatic heterocycles. The Morgan fingerprint density at radius 2 is 2.05 bits per heavy atom. The van der Waals surface area contributed by atoms with Gasteiger partial charge in [0.25, 0.3) is 0 Å². The van der Waals surface area contributed by atoms with Gasteiger partial charge in [0.05, 0.1) is 5.52 Å². The molecule has 1 saturated carbocycles. The first-order valence-corrected chi connectivity index (χ1v) is 7.08. The first-order chi connectivity index (χ1) is 9.25. The number of rotatable bonds is 3. The quantitative estimate of drug-likeness (QED) is 0.856. The van der Waals surface area contributed by atoms with Gasteiger partial charge in [-0.25, -0.2) is 0 Å². The zero-order valence-corrected chi connectivity index (χ0v) is 11.5. The third-order valence-electron chi connectivity index (χ3n) is 4.25. The van der Waals surface area contributed by atoms with Crippen molar-refractivity contribution in [3.63, 3.8) is 0 Å². The Hall–Kier alpha value is -1.61. The van der Waals surface area contributed by atoms with Crippen molar-refractivity contribution in [1.29, 1.82) is 0 Å². The van der Waals surface area contributed by atoms with E-state index in [1.165, 1.54) is 31.2 Å². The minimum Gasteiger partial charge on any atom is -0.398 e. The minimum atomic E-state index is 0.733. The molecular formula is C16H21N3. The molecule has 0 amide bonds. The fourth-order valence-electron chi connectivity index (χ4n) is 3.12. The van der Waals surface area contributed by atoms with Crippen molar-refractivity contribution in [3.05, 3.63) is 36.0 Å². The van der Waals surface area contributed by atoms with E-state index in [1.54, 1.807) is 0 Å². The highest BCUT2D eigenvalue weighted by molar-refractivity contribution is 5.92. The van der Waals surface area contributed by atoms with Crippen LogP contribution in [0.25, 0.3) is 10.9 Å². The van der Waals surface area contributed by atoms with Crippen LogP contribution < -0.4 is 5.73 Å². The van der Waals surface area contributed by atoms with Gasteiger partial charge in [-0.05, 0) is 43.7 Å². The van der Waals surface area contributed by atoms with E-state index in [4.69, 9.17) is 5.73 Å². The zero-order chi connectivity index (χ0) is 13.2. The van der Waals surface area contributed by atoms with Crippen LogP contribution in [0, 0.1) is 0 Å². The van der Waals surface area contributed by atoms with E-state index in [9.17, 15) is 0 Å². The first kappa shape index (κ1) is 12.4. The lowest BCUT2D eigenvalue weighted by molar-refractivity contribution is 0.238. The van der Waals surface area contributed by atoms with Gasteiger partial charge in [0.1, 0.15) is 0 Å². The topological polar surface area (TPSA) is 42.1 Å². The maximum absolute atomic E-state index is 6.02. The Kier molecular flexibility index (Phi) is 3.38. The van der Waals surface area contributed by atoms with E-state index >= 15 is 0 Å². The summed E-state index contributed by atoms with van der Waals surface area (Å²) in [6.45, 7) is 0.957. The highest BCUT2D eigenvalue weighted by Crippen LogP contribution is 2.27. The van der Waals surface area contributed by atoms with Gasteiger partial charge in [0, 0.05) is 29.9 Å². The average Bonchev–Trinajstić information content (AvgIpc) is 2.96. The number of nitrogens with two attached hydrogens (primary N) is 1. The van der Waals surface area contributed by atoms with Crippen molar-refractivity contribution >= 4 is 16.6 Å². The highest BCUT2D eigenvalue weighted by Gasteiger charge is 2.20. The van der Waals surface area contributed by atoms with Crippen LogP contribution in [-0.2, 0) is 6.54 Å². The summed E-state index contributed by atoms with van der Waals surface area (Å²) >= 11 is 0. The van der Waals surface area contributed by atoms with Gasteiger partial charge in [0.15, 0.2) is 0 Å². The molecule has 1 fully saturated rings. The fraction of sp³-hybridized carbons (Fsp3) is 0.438. The lowest BCUT2D eigenvalue weighted by atomic mass is 10.1. The standard InChI is InChI=1S/C16H21N3/c1-19(13-5-2-3-6-13)11-12-8-9-15(17)14-7-4-10-18-16(12)14/h4,7-10,13H,2-3,5-6,11,17H2,1H3. The van der Waals surface area contributed by atoms with Crippen LogP contribution in [0.15, 0.2) is 30.5 Å². The Morgan fingerprint density at radius 3 is 2.84 bits per heavy atom. The number of hydrogen-bond acceptors (Lipinski definition) is 3. The highest BCUT2D eigenvalue weighted by atomic mass is 15.1. The molecule has 1 aliphatic carbocycles. The Labute approximate surface area is 114 Å². The van der Waals surface area contributed by atoms with Crippen LogP contribution in [0.5, 0.6) is 0 Å². The number of anilines is 1. The Morgan fingerprint density at radius 1 is 1.26 bits per heavy atom. The van der Waals surface area contributed by atoms with Gasteiger partial charge in [-0.1, -0.05) is 18.9 Å². The summed E-state index contributed by atoms with van der Waals surface area (Å²) < 4.78 is 0. The largest absolute Gasteiger partial charge is 0.398 e. The molecule has 1 aromatic carbocycles. The number of nitrogen functional groups attached to an aromatic ring is 1. The SMILES string of the molecule is CN(Cc1ccc(N)c2cccnc12)C1CCCC1. The zero-order valence-electron chi connectivity index (χ0n) is 11.5. The van der Waals surface area contributed by atoms with Crippen molar-refractivity contribution in [1.82, 2.24) is 9.88 Å². The van der Waals surface area contributed by atoms with E-state index < -0.39 is 0 Å². The molecule has 0 atom stereocenters. The molecule has 0 bridgehead atoms. The van der Waals surface area contributed by atoms with Gasteiger partial charge in [-0.2, -0.15) is 0 Å². The van der Waals surface area contributed by atoms with Crippen LogP contribution >= 0.6 is 0 Å². The van der Waals surface area contributed by atoms with Crippen LogP contribution in [0.2, 0.25) is 0 Å². The van der Waals surface area contributed by atoms with Gasteiger partial charge in [-0.3, -0.25) is 9.88 Å². The molecule has 100 valence electrons. The smallest absolute Gasteiger partial charge is 0.0767 e. The van der Waals surface area contributed by atoms with E-state index in [-0.39, 0.29) is 0 Å². The maximum atomic E-state index is 6.02. The summed E-state index contributed by atoms with van der Waals surface area (Å²) in [5.41, 5.74) is 9.17. The Bertz CT molecular complexity index is 573. The van der Waals surface area contributed by atoms with Crippen molar-refractivity contribution in [3.8, 4) is 0 Å². The van der Waals surface area contributed by atoms with Crippen LogP contribution in [0.1, 0.15) is 31.2 Å². The summed E-state index contributed by atoms with van der Waals surface area (Å²) in [7, 11) is 2.22. The lowest BCUT2D eigenvalue weighted by Crippen LogP contribution is -2.28. The molecule has 2 aromatic rings. The molecule has 0 saturated heterocycles. The number of hydrogen-bond donors (Lipinski definition) is 1. The van der Waals surface area contributed by atoms with Crippen molar-refractivity contribution in [2.75, 3.05) is 12.8 Å². The molecule has 3 rings (SSSR count). The average molecular weight is 255 g/mol. The Balaban J connectivity index is 1.90. The normalized spacial score (nSPS) is 16.5. The van der Waals surface area contributed by atoms with Gasteiger partial charge < -0.3 is 5.73 Å².